The van der Waals surface area contributed by atoms with E-state index in [2.05, 4.69) is 33.1 Å². The first-order chi connectivity index (χ1) is 36.4. The van der Waals surface area contributed by atoms with Crippen LogP contribution >= 0.6 is 15.9 Å². The summed E-state index contributed by atoms with van der Waals surface area (Å²) in [5.74, 6) is 2.19. The number of piperidine rings is 2. The van der Waals surface area contributed by atoms with E-state index >= 15 is 0 Å². The minimum Gasteiger partial charge on any atom is -0.443 e. The molecule has 430 valence electrons. The van der Waals surface area contributed by atoms with Crippen LogP contribution in [0.15, 0.2) is 62.2 Å². The maximum atomic E-state index is 13.1. The zero-order valence-corrected chi connectivity index (χ0v) is 50.9. The normalized spacial score (nSPS) is 20.4. The number of nitrogens with one attached hydrogen (secondary N) is 2. The summed E-state index contributed by atoms with van der Waals surface area (Å²) < 4.78 is 64.5. The molecule has 4 fully saturated rings. The third-order valence-corrected chi connectivity index (χ3v) is 19.5. The lowest BCUT2D eigenvalue weighted by molar-refractivity contribution is -0.125. The lowest BCUT2D eigenvalue weighted by atomic mass is 9.88. The summed E-state index contributed by atoms with van der Waals surface area (Å²) in [6.07, 6.45) is 13.9. The number of carbonyl (C=O) groups is 4. The number of amidine groups is 2. The second-order valence-corrected chi connectivity index (χ2v) is 28.0. The number of aliphatic imine (C=N–C) groups is 2. The molecule has 0 unspecified atom stereocenters. The SMILES string of the molecule is C=CS(=O)(=O)N1CCC2(CC1)N=C(C1CCCCC1)NC2=O.Cc1cc(N(C)C(=O)OC(C)(C)C)cc(C)c1Br.Cc1cc(N(C)C(=O)OC(C)(C)C)ccc1/C=C/S(=O)(=O)N1CCC2(CC1)N=C(C1CCCCC1)NC2=O. The van der Waals surface area contributed by atoms with Crippen LogP contribution < -0.4 is 20.4 Å². The Kier molecular flexibility index (Phi) is 20.1. The lowest BCUT2D eigenvalue weighted by Gasteiger charge is -2.34. The van der Waals surface area contributed by atoms with Gasteiger partial charge < -0.3 is 20.1 Å². The number of aryl methyl sites for hydroxylation is 3. The average Bonchev–Trinajstić information content (AvgIpc) is 3.99. The van der Waals surface area contributed by atoms with Gasteiger partial charge in [-0.15, -0.1) is 0 Å². The summed E-state index contributed by atoms with van der Waals surface area (Å²) in [7, 11) is -3.71. The third kappa shape index (κ3) is 15.7. The van der Waals surface area contributed by atoms with Crippen LogP contribution in [0.4, 0.5) is 21.0 Å². The summed E-state index contributed by atoms with van der Waals surface area (Å²) in [6, 6.07) is 9.28. The van der Waals surface area contributed by atoms with Crippen molar-refractivity contribution in [3.05, 3.63) is 74.5 Å². The number of rotatable bonds is 9. The first kappa shape index (κ1) is 62.2. The van der Waals surface area contributed by atoms with Gasteiger partial charge in [-0.3, -0.25) is 29.4 Å². The average molecular weight is 1180 g/mol. The van der Waals surface area contributed by atoms with E-state index in [1.807, 2.05) is 80.5 Å². The van der Waals surface area contributed by atoms with Crippen LogP contribution in [0.25, 0.3) is 6.08 Å². The van der Waals surface area contributed by atoms with Gasteiger partial charge in [-0.1, -0.05) is 67.1 Å². The molecule has 2 aliphatic carbocycles. The molecule has 0 radical (unpaired) electrons. The molecular weight excluding hydrogens is 1100 g/mol. The lowest BCUT2D eigenvalue weighted by Crippen LogP contribution is -2.50. The molecule has 21 heteroatoms. The predicted molar refractivity (Wildman–Crippen MR) is 313 cm³/mol. The van der Waals surface area contributed by atoms with E-state index in [0.717, 1.165) is 88.0 Å². The maximum Gasteiger partial charge on any atom is 0.414 e. The maximum absolute atomic E-state index is 13.1. The smallest absolute Gasteiger partial charge is 0.414 e. The van der Waals surface area contributed by atoms with Crippen molar-refractivity contribution in [2.45, 2.75) is 174 Å². The number of ether oxygens (including phenoxy) is 2. The van der Waals surface area contributed by atoms with Gasteiger partial charge in [0, 0.05) is 78.8 Å². The number of hydrogen-bond donors (Lipinski definition) is 2. The van der Waals surface area contributed by atoms with Gasteiger partial charge in [0.05, 0.1) is 0 Å². The number of anilines is 2. The molecule has 4 heterocycles. The van der Waals surface area contributed by atoms with Crippen LogP contribution in [-0.2, 0) is 39.1 Å². The quantitative estimate of drug-likeness (QED) is 0.242. The Morgan fingerprint density at radius 3 is 1.42 bits per heavy atom. The number of nitrogens with zero attached hydrogens (tertiary/aromatic N) is 6. The van der Waals surface area contributed by atoms with E-state index in [4.69, 9.17) is 19.5 Å². The Hall–Kier alpha value is -4.96. The Balaban J connectivity index is 0.000000208. The topological polar surface area (TPSA) is 217 Å². The van der Waals surface area contributed by atoms with Crippen molar-refractivity contribution in [3.8, 4) is 0 Å². The number of carbonyl (C=O) groups excluding carboxylic acids is 4. The van der Waals surface area contributed by atoms with Gasteiger partial charge in [0.25, 0.3) is 11.8 Å². The van der Waals surface area contributed by atoms with Gasteiger partial charge in [-0.2, -0.15) is 8.61 Å². The van der Waals surface area contributed by atoms with E-state index < -0.39 is 48.4 Å². The summed E-state index contributed by atoms with van der Waals surface area (Å²) in [5.41, 5.74) is 2.58. The highest BCUT2D eigenvalue weighted by molar-refractivity contribution is 9.10. The number of halogens is 1. The zero-order chi connectivity index (χ0) is 57.6. The molecule has 0 atom stereocenters. The van der Waals surface area contributed by atoms with E-state index in [-0.39, 0.29) is 31.0 Å². The van der Waals surface area contributed by atoms with Crippen LogP contribution in [0, 0.1) is 32.6 Å². The zero-order valence-electron chi connectivity index (χ0n) is 47.7. The van der Waals surface area contributed by atoms with E-state index in [0.29, 0.717) is 56.3 Å². The second kappa shape index (κ2) is 25.2. The van der Waals surface area contributed by atoms with Gasteiger partial charge in [0.2, 0.25) is 20.0 Å². The summed E-state index contributed by atoms with van der Waals surface area (Å²) in [6.45, 7) is 21.4. The fourth-order valence-corrected chi connectivity index (χ4v) is 12.8. The van der Waals surface area contributed by atoms with Gasteiger partial charge in [-0.05, 0) is 166 Å². The molecule has 2 spiro atoms. The first-order valence-corrected chi connectivity index (χ1v) is 31.1. The molecule has 0 aromatic heterocycles. The van der Waals surface area contributed by atoms with Crippen molar-refractivity contribution < 1.29 is 45.5 Å². The molecule has 2 saturated carbocycles. The molecule has 0 bridgehead atoms. The van der Waals surface area contributed by atoms with Crippen molar-refractivity contribution in [1.29, 1.82) is 0 Å². The van der Waals surface area contributed by atoms with Crippen molar-refractivity contribution in [1.82, 2.24) is 19.2 Å². The first-order valence-electron chi connectivity index (χ1n) is 27.3. The Labute approximate surface area is 472 Å². The molecule has 6 aliphatic rings. The third-order valence-electron chi connectivity index (χ3n) is 15.2. The van der Waals surface area contributed by atoms with Crippen LogP contribution in [-0.4, -0.2) is 124 Å². The van der Waals surface area contributed by atoms with E-state index in [1.54, 1.807) is 32.3 Å². The van der Waals surface area contributed by atoms with Crippen LogP contribution in [0.2, 0.25) is 0 Å². The van der Waals surface area contributed by atoms with Gasteiger partial charge in [0.15, 0.2) is 0 Å². The van der Waals surface area contributed by atoms with E-state index in [1.165, 1.54) is 49.5 Å². The fourth-order valence-electron chi connectivity index (χ4n) is 10.5. The van der Waals surface area contributed by atoms with Crippen LogP contribution in [0.3, 0.4) is 0 Å². The Morgan fingerprint density at radius 1 is 0.654 bits per heavy atom. The number of amides is 4. The molecule has 2 aromatic carbocycles. The predicted octanol–water partition coefficient (Wildman–Crippen LogP) is 10.5. The highest BCUT2D eigenvalue weighted by Crippen LogP contribution is 2.37. The number of sulfonamides is 2. The standard InChI is InChI=1S/C28H40N4O5S.C15H23N3O3S.C14H20BrNO2/c1-20-19-23(31(5)26(34)37-27(2,3)4)12-11-21(20)13-18-38(35,36)32-16-14-28(15-17-32)25(33)29-24(30-28)22-9-7-6-8-10-22;1-2-22(20,21)18-10-8-15(9-11-18)14(19)16-13(17-15)12-6-4-3-5-7-12;1-9-7-11(8-10(2)12(9)15)16(6)13(17)18-14(3,4)5/h11-13,18-19,22H,6-10,14-17H2,1-5H3,(H,29,30,33);2,12H,1,3-11H2,(H,16,17,19);7-8H,1-6H3/b18-13+;;. The highest BCUT2D eigenvalue weighted by Gasteiger charge is 2.49. The number of hydrogen-bond acceptors (Lipinski definition) is 12. The monoisotopic (exact) mass is 1180 g/mol. The van der Waals surface area contributed by atoms with Crippen LogP contribution in [0.5, 0.6) is 0 Å². The van der Waals surface area contributed by atoms with Crippen molar-refractivity contribution in [3.63, 3.8) is 0 Å². The molecular formula is C57H83BrN8O10S2. The molecule has 2 N–H and O–H groups in total. The Bertz CT molecular complexity index is 2860. The highest BCUT2D eigenvalue weighted by atomic mass is 79.9. The largest absolute Gasteiger partial charge is 0.443 e. The second-order valence-electron chi connectivity index (χ2n) is 23.5. The van der Waals surface area contributed by atoms with Gasteiger partial charge in [0.1, 0.15) is 34.0 Å². The molecule has 4 amide bonds. The number of benzene rings is 2. The van der Waals surface area contributed by atoms with Crippen molar-refractivity contribution in [2.24, 2.45) is 21.8 Å². The summed E-state index contributed by atoms with van der Waals surface area (Å²) in [4.78, 5) is 62.1. The summed E-state index contributed by atoms with van der Waals surface area (Å²) >= 11 is 3.51. The fraction of sp³-hybridized carbons (Fsp3) is 0.614. The Morgan fingerprint density at radius 2 is 1.04 bits per heavy atom. The molecule has 18 nitrogen and oxygen atoms in total. The minimum atomic E-state index is -3.67. The molecule has 2 saturated heterocycles. The van der Waals surface area contributed by atoms with Crippen LogP contribution in [0.1, 0.15) is 154 Å². The van der Waals surface area contributed by atoms with E-state index in [9.17, 15) is 36.0 Å². The van der Waals surface area contributed by atoms with Gasteiger partial charge >= 0.3 is 12.2 Å². The molecule has 8 rings (SSSR count). The van der Waals surface area contributed by atoms with Crippen molar-refractivity contribution in [2.75, 3.05) is 50.1 Å². The summed E-state index contributed by atoms with van der Waals surface area (Å²) in [5, 5.41) is 8.18. The molecule has 4 aliphatic heterocycles. The van der Waals surface area contributed by atoms with Crippen molar-refractivity contribution >= 4 is 89.1 Å². The molecule has 78 heavy (non-hydrogen) atoms. The van der Waals surface area contributed by atoms with Gasteiger partial charge in [-0.25, -0.2) is 26.4 Å². The minimum absolute atomic E-state index is 0.0521. The molecule has 2 aromatic rings.